The summed E-state index contributed by atoms with van der Waals surface area (Å²) in [4.78, 5) is 8.82. The third kappa shape index (κ3) is 6.32. The Hall–Kier alpha value is -3.10. The van der Waals surface area contributed by atoms with Gasteiger partial charge in [-0.15, -0.1) is 0 Å². The fraction of sp³-hybridized carbons (Fsp3) is 0.0400. The lowest BCUT2D eigenvalue weighted by molar-refractivity contribution is 0.592. The smallest absolute Gasteiger partial charge is 0.264 e. The monoisotopic (exact) mass is 544 g/mol. The molecule has 0 aliphatic rings. The number of nitrogens with two attached hydrogens (primary N) is 1. The van der Waals surface area contributed by atoms with Crippen molar-refractivity contribution in [1.29, 1.82) is 0 Å². The van der Waals surface area contributed by atoms with Gasteiger partial charge in [-0.2, -0.15) is 0 Å². The molecule has 0 bridgehead atoms. The standard InChI is InChI=1S/C25H19Cl3N4O2S/c26-19-8-4-17(5-9-19)23-12-16(14-30-24(23)18-6-10-20(27)11-7-18)15-31-25(29)32-35(33,34)22-3-1-2-21(28)13-22/h1-14H,15H2,(H3,29,31,32). The van der Waals surface area contributed by atoms with E-state index in [-0.39, 0.29) is 17.4 Å². The molecular formula is C25H19Cl3N4O2S. The van der Waals surface area contributed by atoms with E-state index in [1.54, 1.807) is 36.5 Å². The number of sulfonamides is 1. The molecular weight excluding hydrogens is 527 g/mol. The van der Waals surface area contributed by atoms with E-state index >= 15 is 0 Å². The Bertz CT molecular complexity index is 1490. The summed E-state index contributed by atoms with van der Waals surface area (Å²) in [5, 5.41) is 1.55. The SMILES string of the molecule is NC(=NCc1cnc(-c2ccc(Cl)cc2)c(-c2ccc(Cl)cc2)c1)NS(=O)(=O)c1cccc(Cl)c1. The van der Waals surface area contributed by atoms with Crippen LogP contribution in [0.1, 0.15) is 5.56 Å². The van der Waals surface area contributed by atoms with Crippen molar-refractivity contribution in [2.45, 2.75) is 11.4 Å². The Morgan fingerprint density at radius 1 is 0.857 bits per heavy atom. The summed E-state index contributed by atoms with van der Waals surface area (Å²) in [6.07, 6.45) is 1.67. The lowest BCUT2D eigenvalue weighted by Crippen LogP contribution is -2.36. The van der Waals surface area contributed by atoms with Gasteiger partial charge in [0.05, 0.1) is 17.1 Å². The van der Waals surface area contributed by atoms with E-state index < -0.39 is 10.0 Å². The predicted octanol–water partition coefficient (Wildman–Crippen LogP) is 6.17. The molecule has 1 heterocycles. The van der Waals surface area contributed by atoms with Crippen LogP contribution in [0.3, 0.4) is 0 Å². The second-order valence-electron chi connectivity index (χ2n) is 7.52. The van der Waals surface area contributed by atoms with Gasteiger partial charge in [0.25, 0.3) is 10.0 Å². The minimum Gasteiger partial charge on any atom is -0.369 e. The fourth-order valence-electron chi connectivity index (χ4n) is 3.32. The van der Waals surface area contributed by atoms with Crippen LogP contribution in [-0.4, -0.2) is 19.4 Å². The van der Waals surface area contributed by atoms with E-state index in [0.29, 0.717) is 15.1 Å². The number of aromatic nitrogens is 1. The Morgan fingerprint density at radius 2 is 1.49 bits per heavy atom. The fourth-order valence-corrected chi connectivity index (χ4v) is 4.83. The first-order chi connectivity index (χ1) is 16.7. The molecule has 3 N–H and O–H groups in total. The quantitative estimate of drug-likeness (QED) is 0.224. The van der Waals surface area contributed by atoms with E-state index in [1.807, 2.05) is 30.3 Å². The normalized spacial score (nSPS) is 11.9. The number of guanidine groups is 1. The number of hydrogen-bond donors (Lipinski definition) is 2. The molecule has 3 aromatic carbocycles. The predicted molar refractivity (Wildman–Crippen MR) is 142 cm³/mol. The van der Waals surface area contributed by atoms with E-state index in [0.717, 1.165) is 27.9 Å². The van der Waals surface area contributed by atoms with Crippen LogP contribution >= 0.6 is 34.8 Å². The van der Waals surface area contributed by atoms with Crippen LogP contribution in [-0.2, 0) is 16.6 Å². The highest BCUT2D eigenvalue weighted by atomic mass is 35.5. The molecule has 0 saturated carbocycles. The number of rotatable bonds is 6. The van der Waals surface area contributed by atoms with Gasteiger partial charge in [-0.05, 0) is 59.7 Å². The van der Waals surface area contributed by atoms with Crippen LogP contribution in [0, 0.1) is 0 Å². The van der Waals surface area contributed by atoms with Gasteiger partial charge >= 0.3 is 0 Å². The molecule has 4 aromatic rings. The van der Waals surface area contributed by atoms with E-state index in [2.05, 4.69) is 14.7 Å². The van der Waals surface area contributed by atoms with Gasteiger partial charge in [0.15, 0.2) is 0 Å². The average molecular weight is 546 g/mol. The van der Waals surface area contributed by atoms with Gasteiger partial charge < -0.3 is 5.73 Å². The highest BCUT2D eigenvalue weighted by molar-refractivity contribution is 7.90. The number of aliphatic imine (C=N–C) groups is 1. The number of benzene rings is 3. The molecule has 0 aliphatic carbocycles. The summed E-state index contributed by atoms with van der Waals surface area (Å²) in [5.74, 6) is -0.250. The molecule has 178 valence electrons. The molecule has 0 atom stereocenters. The molecule has 0 fully saturated rings. The van der Waals surface area contributed by atoms with Crippen molar-refractivity contribution in [2.24, 2.45) is 10.7 Å². The average Bonchev–Trinajstić information content (AvgIpc) is 2.83. The lowest BCUT2D eigenvalue weighted by atomic mass is 9.98. The highest BCUT2D eigenvalue weighted by Gasteiger charge is 2.16. The molecule has 0 radical (unpaired) electrons. The van der Waals surface area contributed by atoms with E-state index in [4.69, 9.17) is 40.5 Å². The molecule has 0 unspecified atom stereocenters. The minimum absolute atomic E-state index is 0.0119. The van der Waals surface area contributed by atoms with Crippen molar-refractivity contribution < 1.29 is 8.42 Å². The van der Waals surface area contributed by atoms with Gasteiger partial charge in [-0.1, -0.05) is 65.1 Å². The van der Waals surface area contributed by atoms with Crippen molar-refractivity contribution in [2.75, 3.05) is 0 Å². The number of nitrogens with zero attached hydrogens (tertiary/aromatic N) is 2. The van der Waals surface area contributed by atoms with E-state index in [1.165, 1.54) is 18.2 Å². The van der Waals surface area contributed by atoms with Gasteiger partial charge in [0, 0.05) is 32.4 Å². The van der Waals surface area contributed by atoms with Crippen molar-refractivity contribution in [3.05, 3.63) is 106 Å². The maximum atomic E-state index is 12.5. The summed E-state index contributed by atoms with van der Waals surface area (Å²) >= 11 is 18.0. The summed E-state index contributed by atoms with van der Waals surface area (Å²) in [5.41, 5.74) is 10.0. The molecule has 10 heteroatoms. The van der Waals surface area contributed by atoms with Gasteiger partial charge in [0.2, 0.25) is 5.96 Å². The Kier molecular flexibility index (Phi) is 7.62. The number of halogens is 3. The zero-order valence-electron chi connectivity index (χ0n) is 18.1. The molecule has 35 heavy (non-hydrogen) atoms. The summed E-state index contributed by atoms with van der Waals surface area (Å²) < 4.78 is 27.3. The molecule has 0 amide bonds. The molecule has 0 spiro atoms. The van der Waals surface area contributed by atoms with Crippen LogP contribution in [0.4, 0.5) is 0 Å². The van der Waals surface area contributed by atoms with Gasteiger partial charge in [-0.3, -0.25) is 4.98 Å². The van der Waals surface area contributed by atoms with Crippen molar-refractivity contribution in [3.63, 3.8) is 0 Å². The van der Waals surface area contributed by atoms with Crippen LogP contribution < -0.4 is 10.5 Å². The lowest BCUT2D eigenvalue weighted by Gasteiger charge is -2.12. The second kappa shape index (κ2) is 10.7. The third-order valence-corrected chi connectivity index (χ3v) is 7.09. The van der Waals surface area contributed by atoms with Gasteiger partial charge in [-0.25, -0.2) is 18.1 Å². The van der Waals surface area contributed by atoms with Crippen LogP contribution in [0.15, 0.2) is 94.9 Å². The maximum Gasteiger partial charge on any atom is 0.264 e. The minimum atomic E-state index is -3.92. The Morgan fingerprint density at radius 3 is 2.11 bits per heavy atom. The number of pyridine rings is 1. The third-order valence-electron chi connectivity index (χ3n) is 4.99. The molecule has 0 saturated heterocycles. The highest BCUT2D eigenvalue weighted by Crippen LogP contribution is 2.32. The molecule has 4 rings (SSSR count). The van der Waals surface area contributed by atoms with Crippen molar-refractivity contribution in [1.82, 2.24) is 9.71 Å². The van der Waals surface area contributed by atoms with Crippen molar-refractivity contribution in [3.8, 4) is 22.4 Å². The molecule has 1 aromatic heterocycles. The first-order valence-electron chi connectivity index (χ1n) is 10.3. The van der Waals surface area contributed by atoms with Crippen LogP contribution in [0.25, 0.3) is 22.4 Å². The zero-order valence-corrected chi connectivity index (χ0v) is 21.2. The zero-order chi connectivity index (χ0) is 25.0. The summed E-state index contributed by atoms with van der Waals surface area (Å²) in [6.45, 7) is 0.110. The van der Waals surface area contributed by atoms with Crippen LogP contribution in [0.5, 0.6) is 0 Å². The van der Waals surface area contributed by atoms with E-state index in [9.17, 15) is 8.42 Å². The second-order valence-corrected chi connectivity index (χ2v) is 10.5. The van der Waals surface area contributed by atoms with Crippen molar-refractivity contribution >= 4 is 50.8 Å². The maximum absolute atomic E-state index is 12.5. The molecule has 0 aliphatic heterocycles. The Balaban J connectivity index is 1.62. The van der Waals surface area contributed by atoms with Gasteiger partial charge in [0.1, 0.15) is 0 Å². The first kappa shape index (κ1) is 25.0. The summed E-state index contributed by atoms with van der Waals surface area (Å²) in [7, 11) is -3.92. The largest absolute Gasteiger partial charge is 0.369 e. The number of hydrogen-bond acceptors (Lipinski definition) is 4. The Labute approximate surface area is 218 Å². The van der Waals surface area contributed by atoms with Crippen LogP contribution in [0.2, 0.25) is 15.1 Å². The number of nitrogens with one attached hydrogen (secondary N) is 1. The topological polar surface area (TPSA) is 97.4 Å². The summed E-state index contributed by atoms with van der Waals surface area (Å²) in [6, 6.07) is 22.6. The first-order valence-corrected chi connectivity index (χ1v) is 12.9. The molecule has 6 nitrogen and oxygen atoms in total.